The first-order valence-corrected chi connectivity index (χ1v) is 15.4. The molecule has 0 bridgehead atoms. The van der Waals surface area contributed by atoms with Gasteiger partial charge in [0, 0.05) is 16.6 Å². The Bertz CT molecular complexity index is 2180. The topological polar surface area (TPSA) is 208 Å². The van der Waals surface area contributed by atoms with Crippen LogP contribution < -0.4 is 64.4 Å². The quantitative estimate of drug-likeness (QED) is 0.107. The van der Waals surface area contributed by atoms with Gasteiger partial charge in [-0.1, -0.05) is 18.2 Å². The number of hydrogen-bond acceptors (Lipinski definition) is 10. The van der Waals surface area contributed by atoms with Gasteiger partial charge in [0.1, 0.15) is 10.6 Å². The van der Waals surface area contributed by atoms with Gasteiger partial charge in [0.05, 0.1) is 22.0 Å². The molecule has 0 atom stereocenters. The van der Waals surface area contributed by atoms with Crippen LogP contribution in [-0.4, -0.2) is 37.0 Å². The van der Waals surface area contributed by atoms with Crippen LogP contribution in [0.3, 0.4) is 0 Å². The molecule has 46 heavy (non-hydrogen) atoms. The van der Waals surface area contributed by atoms with Crippen molar-refractivity contribution in [2.24, 2.45) is 20.5 Å². The monoisotopic (exact) mass is 679 g/mol. The van der Waals surface area contributed by atoms with Gasteiger partial charge in [-0.15, -0.1) is 5.11 Å². The molecule has 0 aromatic heterocycles. The first kappa shape index (κ1) is 37.1. The summed E-state index contributed by atoms with van der Waals surface area (Å²) in [5.41, 5.74) is 1.23. The van der Waals surface area contributed by atoms with Crippen molar-refractivity contribution in [1.82, 2.24) is 0 Å². The standard InChI is InChI=1S/C29H21N5O8S2.2Na.2H/c35-28-25-15-12-23(30-29(36)18-4-2-1-3-5-18)16-19(25)17-26(44(40,41)42)27(28)34-33-21-8-6-20(7-9-21)31-32-22-10-13-24(14-11-22)43(37,38)39;;;;/h1-17,35H,(H,30,36)(H,37,38,39)(H,40,41,42);;;;/q;2*+1;2*-1. The number of nitrogens with one attached hydrogen (secondary N) is 1. The van der Waals surface area contributed by atoms with E-state index in [1.807, 2.05) is 0 Å². The number of rotatable bonds is 8. The number of hydrogen-bond donors (Lipinski definition) is 4. The average Bonchev–Trinajstić information content (AvgIpc) is 2.99. The van der Waals surface area contributed by atoms with Crippen LogP contribution in [0.15, 0.2) is 133 Å². The van der Waals surface area contributed by atoms with E-state index >= 15 is 0 Å². The number of phenols is 1. The Kier molecular flexibility index (Phi) is 12.5. The average molecular weight is 680 g/mol. The maximum absolute atomic E-state index is 12.5. The van der Waals surface area contributed by atoms with Crippen LogP contribution in [0, 0.1) is 0 Å². The number of carbonyl (C=O) groups excluding carboxylic acids is 1. The Morgan fingerprint density at radius 2 is 1.17 bits per heavy atom. The maximum atomic E-state index is 12.5. The van der Waals surface area contributed by atoms with E-state index in [1.165, 1.54) is 66.7 Å². The summed E-state index contributed by atoms with van der Waals surface area (Å²) in [4.78, 5) is 11.5. The molecule has 0 spiro atoms. The largest absolute Gasteiger partial charge is 1.00 e. The van der Waals surface area contributed by atoms with Crippen LogP contribution in [0.2, 0.25) is 0 Å². The fraction of sp³-hybridized carbons (Fsp3) is 0. The third kappa shape index (κ3) is 9.13. The predicted octanol–water partition coefficient (Wildman–Crippen LogP) is 1.35. The molecule has 0 fully saturated rings. The van der Waals surface area contributed by atoms with Gasteiger partial charge in [-0.3, -0.25) is 13.9 Å². The van der Waals surface area contributed by atoms with Gasteiger partial charge in [-0.25, -0.2) is 0 Å². The number of amides is 1. The number of anilines is 1. The smallest absolute Gasteiger partial charge is 1.00 e. The number of benzene rings is 5. The van der Waals surface area contributed by atoms with Crippen LogP contribution in [0.25, 0.3) is 10.8 Å². The second-order valence-corrected chi connectivity index (χ2v) is 12.0. The molecule has 0 saturated heterocycles. The molecular formula is C29H23N5Na2O8S2. The van der Waals surface area contributed by atoms with Crippen LogP contribution in [0.4, 0.5) is 28.4 Å². The van der Waals surface area contributed by atoms with Crippen molar-refractivity contribution in [2.45, 2.75) is 9.79 Å². The van der Waals surface area contributed by atoms with E-state index in [1.54, 1.807) is 30.3 Å². The van der Waals surface area contributed by atoms with E-state index in [0.717, 1.165) is 6.07 Å². The van der Waals surface area contributed by atoms with Crippen LogP contribution in [0.1, 0.15) is 13.2 Å². The van der Waals surface area contributed by atoms with Crippen molar-refractivity contribution in [3.63, 3.8) is 0 Å². The summed E-state index contributed by atoms with van der Waals surface area (Å²) in [6.45, 7) is 0. The van der Waals surface area contributed by atoms with E-state index in [4.69, 9.17) is 4.55 Å². The second kappa shape index (κ2) is 15.5. The van der Waals surface area contributed by atoms with E-state index in [0.29, 0.717) is 22.6 Å². The van der Waals surface area contributed by atoms with Gasteiger partial charge in [0.25, 0.3) is 26.1 Å². The van der Waals surface area contributed by atoms with Crippen molar-refractivity contribution < 1.29 is 97.8 Å². The minimum Gasteiger partial charge on any atom is -1.00 e. The molecule has 0 heterocycles. The Hall–Kier alpha value is -3.35. The van der Waals surface area contributed by atoms with Crippen molar-refractivity contribution >= 4 is 65.4 Å². The van der Waals surface area contributed by atoms with Gasteiger partial charge >= 0.3 is 59.1 Å². The zero-order chi connectivity index (χ0) is 31.5. The van der Waals surface area contributed by atoms with Crippen LogP contribution in [0.5, 0.6) is 5.75 Å². The van der Waals surface area contributed by atoms with Gasteiger partial charge < -0.3 is 13.3 Å². The molecule has 5 rings (SSSR count). The number of carbonyl (C=O) groups is 1. The summed E-state index contributed by atoms with van der Waals surface area (Å²) in [6.07, 6.45) is 0. The molecule has 226 valence electrons. The Labute approximate surface area is 310 Å². The summed E-state index contributed by atoms with van der Waals surface area (Å²) in [7, 11) is -9.18. The molecule has 17 heteroatoms. The van der Waals surface area contributed by atoms with Gasteiger partial charge in [-0.05, 0) is 90.3 Å². The fourth-order valence-electron chi connectivity index (χ4n) is 4.01. The van der Waals surface area contributed by atoms with E-state index in [2.05, 4.69) is 25.8 Å². The molecule has 0 aliphatic rings. The van der Waals surface area contributed by atoms with Gasteiger partial charge in [0.2, 0.25) is 0 Å². The van der Waals surface area contributed by atoms with E-state index in [-0.39, 0.29) is 83.3 Å². The van der Waals surface area contributed by atoms with Gasteiger partial charge in [0.15, 0.2) is 5.75 Å². The summed E-state index contributed by atoms with van der Waals surface area (Å²) in [6, 6.07) is 25.1. The molecule has 4 N–H and O–H groups in total. The molecule has 0 aliphatic heterocycles. The SMILES string of the molecule is O=C(Nc1ccc2c(O)c(N=Nc3ccc(N=Nc4ccc(S(=O)(=O)O)cc4)cc3)c(S(=O)(=O)O)cc2c1)c1ccccc1.[H-].[H-].[Na+].[Na+]. The van der Waals surface area contributed by atoms with Crippen LogP contribution >= 0.6 is 0 Å². The van der Waals surface area contributed by atoms with E-state index in [9.17, 15) is 31.3 Å². The number of fused-ring (bicyclic) bond motifs is 1. The summed E-state index contributed by atoms with van der Waals surface area (Å²) in [5, 5.41) is 29.9. The second-order valence-electron chi connectivity index (χ2n) is 9.19. The van der Waals surface area contributed by atoms with Crippen molar-refractivity contribution in [3.05, 3.63) is 109 Å². The molecule has 0 aliphatic carbocycles. The first-order chi connectivity index (χ1) is 20.9. The molecular weight excluding hydrogens is 656 g/mol. The molecule has 0 unspecified atom stereocenters. The van der Waals surface area contributed by atoms with Crippen molar-refractivity contribution in [3.8, 4) is 5.75 Å². The minimum atomic E-state index is -4.86. The van der Waals surface area contributed by atoms with Gasteiger partial charge in [-0.2, -0.15) is 32.2 Å². The third-order valence-corrected chi connectivity index (χ3v) is 7.89. The molecule has 13 nitrogen and oxygen atoms in total. The summed E-state index contributed by atoms with van der Waals surface area (Å²) in [5.74, 6) is -0.943. The molecule has 5 aromatic carbocycles. The summed E-state index contributed by atoms with van der Waals surface area (Å²) < 4.78 is 65.7. The Morgan fingerprint density at radius 3 is 1.70 bits per heavy atom. The fourth-order valence-corrected chi connectivity index (χ4v) is 5.15. The number of aromatic hydroxyl groups is 1. The molecule has 1 amide bonds. The summed E-state index contributed by atoms with van der Waals surface area (Å²) >= 11 is 0. The minimum absolute atomic E-state index is 0. The number of azo groups is 2. The molecule has 0 saturated carbocycles. The van der Waals surface area contributed by atoms with Crippen molar-refractivity contribution in [1.29, 1.82) is 0 Å². The number of nitrogens with zero attached hydrogens (tertiary/aromatic N) is 4. The number of phenolic OH excluding ortho intramolecular Hbond substituents is 1. The van der Waals surface area contributed by atoms with E-state index < -0.39 is 42.5 Å². The zero-order valence-electron chi connectivity index (χ0n) is 26.3. The third-order valence-electron chi connectivity index (χ3n) is 6.15. The van der Waals surface area contributed by atoms with Crippen molar-refractivity contribution in [2.75, 3.05) is 5.32 Å². The first-order valence-electron chi connectivity index (χ1n) is 12.5. The van der Waals surface area contributed by atoms with Crippen LogP contribution in [-0.2, 0) is 20.2 Å². The Balaban J connectivity index is 0.00000288. The normalized spacial score (nSPS) is 11.7. The predicted molar refractivity (Wildman–Crippen MR) is 163 cm³/mol. The zero-order valence-corrected chi connectivity index (χ0v) is 29.9. The maximum Gasteiger partial charge on any atom is 1.00 e. The molecule has 0 radical (unpaired) electrons. The Morgan fingerprint density at radius 1 is 0.652 bits per heavy atom. The molecule has 5 aromatic rings.